The summed E-state index contributed by atoms with van der Waals surface area (Å²) in [5, 5.41) is 3.41. The van der Waals surface area contributed by atoms with Gasteiger partial charge < -0.3 is 0 Å². The summed E-state index contributed by atoms with van der Waals surface area (Å²) in [7, 11) is 0. The number of hydrogen-bond acceptors (Lipinski definition) is 3. The summed E-state index contributed by atoms with van der Waals surface area (Å²) >= 11 is 0. The number of carbonyl (C=O) groups is 1. The van der Waals surface area contributed by atoms with Crippen LogP contribution in [-0.4, -0.2) is 16.8 Å². The van der Waals surface area contributed by atoms with Crippen molar-refractivity contribution in [3.8, 4) is 0 Å². The molecule has 0 aromatic carbocycles. The lowest BCUT2D eigenvalue weighted by Gasteiger charge is -1.93. The molecule has 2 rings (SSSR count). The van der Waals surface area contributed by atoms with Crippen molar-refractivity contribution in [1.82, 2.24) is 4.98 Å². The highest BCUT2D eigenvalue weighted by molar-refractivity contribution is 6.02. The molecule has 0 bridgehead atoms. The van der Waals surface area contributed by atoms with Crippen LogP contribution in [-0.2, 0) is 6.42 Å². The van der Waals surface area contributed by atoms with Gasteiger partial charge in [-0.25, -0.2) is 0 Å². The third kappa shape index (κ3) is 1.15. The Morgan fingerprint density at radius 2 is 2.54 bits per heavy atom. The molecule has 0 aliphatic heterocycles. The van der Waals surface area contributed by atoms with Crippen LogP contribution in [0.2, 0.25) is 0 Å². The van der Waals surface area contributed by atoms with E-state index in [-0.39, 0.29) is 5.78 Å². The van der Waals surface area contributed by atoms with Crippen LogP contribution in [0.1, 0.15) is 16.1 Å². The van der Waals surface area contributed by atoms with Crippen molar-refractivity contribution in [2.45, 2.75) is 12.5 Å². The molecule has 0 amide bonds. The SMILES string of the molecule is [N-]=[N+]=NC1Cc2cccnc2C1=O. The standard InChI is InChI=1S/C8H6N4O/c9-12-11-6-4-5-2-1-3-10-7(5)8(6)13/h1-3,6H,4H2. The largest absolute Gasteiger partial charge is 0.292 e. The second-order valence-corrected chi connectivity index (χ2v) is 2.80. The molecule has 0 saturated carbocycles. The van der Waals surface area contributed by atoms with Gasteiger partial charge in [0, 0.05) is 11.1 Å². The van der Waals surface area contributed by atoms with Crippen LogP contribution >= 0.6 is 0 Å². The first-order chi connectivity index (χ1) is 6.33. The van der Waals surface area contributed by atoms with Gasteiger partial charge in [-0.3, -0.25) is 9.78 Å². The van der Waals surface area contributed by atoms with Gasteiger partial charge in [0.05, 0.1) is 0 Å². The van der Waals surface area contributed by atoms with Gasteiger partial charge in [0.2, 0.25) is 0 Å². The minimum atomic E-state index is -0.588. The fourth-order valence-electron chi connectivity index (χ4n) is 1.44. The van der Waals surface area contributed by atoms with Gasteiger partial charge in [-0.1, -0.05) is 11.2 Å². The molecule has 1 aliphatic rings. The van der Waals surface area contributed by atoms with Crippen molar-refractivity contribution >= 4 is 5.78 Å². The van der Waals surface area contributed by atoms with Gasteiger partial charge in [0.15, 0.2) is 5.78 Å². The van der Waals surface area contributed by atoms with Gasteiger partial charge in [0.1, 0.15) is 11.7 Å². The lowest BCUT2D eigenvalue weighted by molar-refractivity contribution is 0.0971. The number of azide groups is 1. The lowest BCUT2D eigenvalue weighted by atomic mass is 10.2. The molecule has 1 aromatic heterocycles. The van der Waals surface area contributed by atoms with Gasteiger partial charge in [-0.05, 0) is 23.6 Å². The van der Waals surface area contributed by atoms with Gasteiger partial charge in [-0.2, -0.15) is 0 Å². The first-order valence-electron chi connectivity index (χ1n) is 3.85. The first kappa shape index (κ1) is 7.76. The monoisotopic (exact) mass is 174 g/mol. The van der Waals surface area contributed by atoms with Crippen LogP contribution in [0.3, 0.4) is 0 Å². The van der Waals surface area contributed by atoms with Crippen molar-refractivity contribution in [2.24, 2.45) is 5.11 Å². The van der Waals surface area contributed by atoms with Crippen molar-refractivity contribution in [3.05, 3.63) is 40.0 Å². The van der Waals surface area contributed by atoms with Crippen LogP contribution in [0.15, 0.2) is 23.4 Å². The van der Waals surface area contributed by atoms with Gasteiger partial charge >= 0.3 is 0 Å². The average Bonchev–Trinajstić information content (AvgIpc) is 2.46. The Hall–Kier alpha value is -1.87. The van der Waals surface area contributed by atoms with Crippen molar-refractivity contribution in [1.29, 1.82) is 0 Å². The normalized spacial score (nSPS) is 19.4. The molecule has 1 heterocycles. The minimum Gasteiger partial charge on any atom is -0.292 e. The molecule has 0 N–H and O–H groups in total. The Labute approximate surface area is 74.0 Å². The maximum Gasteiger partial charge on any atom is 0.190 e. The molecule has 0 saturated heterocycles. The maximum absolute atomic E-state index is 11.5. The van der Waals surface area contributed by atoms with Gasteiger partial charge in [-0.15, -0.1) is 0 Å². The zero-order valence-electron chi connectivity index (χ0n) is 6.71. The number of hydrogen-bond donors (Lipinski definition) is 0. The van der Waals surface area contributed by atoms with E-state index in [1.807, 2.05) is 6.07 Å². The Balaban J connectivity index is 2.43. The number of aromatic nitrogens is 1. The predicted octanol–water partition coefficient (Wildman–Crippen LogP) is 1.50. The third-order valence-corrected chi connectivity index (χ3v) is 2.03. The zero-order valence-corrected chi connectivity index (χ0v) is 6.71. The minimum absolute atomic E-state index is 0.173. The Kier molecular flexibility index (Phi) is 1.72. The van der Waals surface area contributed by atoms with E-state index in [1.54, 1.807) is 12.3 Å². The van der Waals surface area contributed by atoms with Crippen LogP contribution in [0.5, 0.6) is 0 Å². The van der Waals surface area contributed by atoms with E-state index in [2.05, 4.69) is 15.0 Å². The topological polar surface area (TPSA) is 78.7 Å². The van der Waals surface area contributed by atoms with Crippen LogP contribution in [0.4, 0.5) is 0 Å². The number of ketones is 1. The number of fused-ring (bicyclic) bond motifs is 1. The van der Waals surface area contributed by atoms with E-state index in [9.17, 15) is 4.79 Å². The summed E-state index contributed by atoms with van der Waals surface area (Å²) in [5.41, 5.74) is 9.52. The van der Waals surface area contributed by atoms with E-state index in [4.69, 9.17) is 5.53 Å². The lowest BCUT2D eigenvalue weighted by Crippen LogP contribution is -2.12. The molecule has 0 radical (unpaired) electrons. The second-order valence-electron chi connectivity index (χ2n) is 2.80. The molecule has 5 nitrogen and oxygen atoms in total. The molecule has 13 heavy (non-hydrogen) atoms. The summed E-state index contributed by atoms with van der Waals surface area (Å²) in [6.07, 6.45) is 2.04. The highest BCUT2D eigenvalue weighted by Gasteiger charge is 2.30. The summed E-state index contributed by atoms with van der Waals surface area (Å²) in [6, 6.07) is 3.01. The molecule has 1 unspecified atom stereocenters. The smallest absolute Gasteiger partial charge is 0.190 e. The summed E-state index contributed by atoms with van der Waals surface area (Å²) in [5.74, 6) is -0.173. The van der Waals surface area contributed by atoms with Crippen LogP contribution in [0.25, 0.3) is 10.4 Å². The Morgan fingerprint density at radius 3 is 3.23 bits per heavy atom. The molecular weight excluding hydrogens is 168 g/mol. The quantitative estimate of drug-likeness (QED) is 0.367. The highest BCUT2D eigenvalue weighted by Crippen LogP contribution is 2.21. The average molecular weight is 174 g/mol. The molecule has 0 spiro atoms. The van der Waals surface area contributed by atoms with Crippen molar-refractivity contribution in [3.63, 3.8) is 0 Å². The molecule has 1 atom stereocenters. The van der Waals surface area contributed by atoms with Crippen LogP contribution < -0.4 is 0 Å². The fourth-order valence-corrected chi connectivity index (χ4v) is 1.44. The maximum atomic E-state index is 11.5. The highest BCUT2D eigenvalue weighted by atomic mass is 16.1. The Bertz CT molecular complexity index is 408. The molecular formula is C8H6N4O. The number of Topliss-reactive ketones (excluding diaryl/α,β-unsaturated/α-hetero) is 1. The molecule has 1 aromatic rings. The summed E-state index contributed by atoms with van der Waals surface area (Å²) in [6.45, 7) is 0. The zero-order chi connectivity index (χ0) is 9.26. The second kappa shape index (κ2) is 2.88. The Morgan fingerprint density at radius 1 is 1.69 bits per heavy atom. The van der Waals surface area contributed by atoms with Gasteiger partial charge in [0.25, 0.3) is 0 Å². The fraction of sp³-hybridized carbons (Fsp3) is 0.250. The first-order valence-corrected chi connectivity index (χ1v) is 3.85. The molecule has 1 aliphatic carbocycles. The molecule has 64 valence electrons. The van der Waals surface area contributed by atoms with E-state index in [0.29, 0.717) is 12.1 Å². The van der Waals surface area contributed by atoms with Crippen molar-refractivity contribution < 1.29 is 4.79 Å². The summed E-state index contributed by atoms with van der Waals surface area (Å²) < 4.78 is 0. The predicted molar refractivity (Wildman–Crippen MR) is 45.2 cm³/mol. The van der Waals surface area contributed by atoms with E-state index < -0.39 is 6.04 Å². The molecule has 5 heteroatoms. The number of pyridine rings is 1. The number of carbonyl (C=O) groups excluding carboxylic acids is 1. The van der Waals surface area contributed by atoms with Crippen LogP contribution in [0, 0.1) is 0 Å². The number of nitrogens with zero attached hydrogens (tertiary/aromatic N) is 4. The third-order valence-electron chi connectivity index (χ3n) is 2.03. The van der Waals surface area contributed by atoms with E-state index in [1.165, 1.54) is 0 Å². The summed E-state index contributed by atoms with van der Waals surface area (Å²) in [4.78, 5) is 18.0. The molecule has 0 fully saturated rings. The van der Waals surface area contributed by atoms with E-state index in [0.717, 1.165) is 5.56 Å². The van der Waals surface area contributed by atoms with Crippen molar-refractivity contribution in [2.75, 3.05) is 0 Å². The van der Waals surface area contributed by atoms with E-state index >= 15 is 0 Å². The number of rotatable bonds is 1.